The van der Waals surface area contributed by atoms with Crippen LogP contribution in [0.5, 0.6) is 0 Å². The molecule has 0 amide bonds. The van der Waals surface area contributed by atoms with Crippen LogP contribution in [0.1, 0.15) is 26.7 Å². The molecule has 0 aromatic carbocycles. The lowest BCUT2D eigenvalue weighted by Crippen LogP contribution is -1.99. The molecular formula is C11H15Cl. The van der Waals surface area contributed by atoms with Gasteiger partial charge in [-0.25, -0.2) is 0 Å². The summed E-state index contributed by atoms with van der Waals surface area (Å²) >= 11 is 5.94. The Morgan fingerprint density at radius 1 is 1.58 bits per heavy atom. The molecule has 66 valence electrons. The molecule has 0 saturated carbocycles. The van der Waals surface area contributed by atoms with E-state index in [1.54, 1.807) is 0 Å². The maximum absolute atomic E-state index is 5.94. The highest BCUT2D eigenvalue weighted by molar-refractivity contribution is 6.31. The van der Waals surface area contributed by atoms with Gasteiger partial charge in [0.05, 0.1) is 0 Å². The highest BCUT2D eigenvalue weighted by atomic mass is 35.5. The third kappa shape index (κ3) is 2.53. The summed E-state index contributed by atoms with van der Waals surface area (Å²) in [5, 5.41) is 0.835. The molecule has 0 aromatic rings. The molecule has 1 atom stereocenters. The molecule has 0 nitrogen and oxygen atoms in total. The van der Waals surface area contributed by atoms with Gasteiger partial charge in [0.15, 0.2) is 0 Å². The van der Waals surface area contributed by atoms with E-state index in [1.807, 2.05) is 12.2 Å². The Kier molecular flexibility index (Phi) is 3.61. The second-order valence-electron chi connectivity index (χ2n) is 3.21. The van der Waals surface area contributed by atoms with Crippen molar-refractivity contribution in [2.75, 3.05) is 0 Å². The van der Waals surface area contributed by atoms with Crippen molar-refractivity contribution in [2.45, 2.75) is 26.7 Å². The smallest absolute Gasteiger partial charge is 0.0405 e. The fourth-order valence-electron chi connectivity index (χ4n) is 1.46. The summed E-state index contributed by atoms with van der Waals surface area (Å²) in [7, 11) is 0. The van der Waals surface area contributed by atoms with Gasteiger partial charge in [-0.1, -0.05) is 36.2 Å². The average molecular weight is 183 g/mol. The molecule has 0 fully saturated rings. The Hall–Kier alpha value is -0.490. The maximum atomic E-state index is 5.94. The molecule has 0 heterocycles. The molecule has 0 spiro atoms. The first-order chi connectivity index (χ1) is 5.74. The number of allylic oxidation sites excluding steroid dienone is 6. The maximum Gasteiger partial charge on any atom is 0.0405 e. The Morgan fingerprint density at radius 2 is 2.33 bits per heavy atom. The van der Waals surface area contributed by atoms with Gasteiger partial charge in [-0.05, 0) is 37.8 Å². The Bertz CT molecular complexity index is 233. The zero-order valence-corrected chi connectivity index (χ0v) is 8.43. The summed E-state index contributed by atoms with van der Waals surface area (Å²) in [5.74, 6) is 0.670. The predicted molar refractivity (Wildman–Crippen MR) is 55.2 cm³/mol. The van der Waals surface area contributed by atoms with Crippen molar-refractivity contribution >= 4 is 11.6 Å². The van der Waals surface area contributed by atoms with Crippen LogP contribution in [0, 0.1) is 5.92 Å². The SMILES string of the molecule is CCC1CC=C/C=C(/Cl)C=C1C. The van der Waals surface area contributed by atoms with Crippen LogP contribution in [0.15, 0.2) is 34.9 Å². The third-order valence-corrected chi connectivity index (χ3v) is 2.55. The molecule has 1 rings (SSSR count). The van der Waals surface area contributed by atoms with Gasteiger partial charge in [0, 0.05) is 5.03 Å². The summed E-state index contributed by atoms with van der Waals surface area (Å²) in [6.45, 7) is 4.37. The number of hydrogen-bond acceptors (Lipinski definition) is 0. The zero-order valence-electron chi connectivity index (χ0n) is 7.68. The lowest BCUT2D eigenvalue weighted by molar-refractivity contribution is 0.600. The second kappa shape index (κ2) is 4.51. The van der Waals surface area contributed by atoms with Crippen molar-refractivity contribution < 1.29 is 0 Å². The molecule has 0 N–H and O–H groups in total. The fourth-order valence-corrected chi connectivity index (χ4v) is 1.71. The fraction of sp³-hybridized carbons (Fsp3) is 0.455. The molecule has 0 radical (unpaired) electrons. The standard InChI is InChI=1S/C11H15Cl/c1-3-10-6-4-5-7-11(12)8-9(10)2/h4-5,7-8,10H,3,6H2,1-2H3/b5-4?,9-8?,11-7+. The van der Waals surface area contributed by atoms with Crippen LogP contribution in [0.2, 0.25) is 0 Å². The minimum absolute atomic E-state index is 0.670. The Morgan fingerprint density at radius 3 is 3.00 bits per heavy atom. The Balaban J connectivity index is 2.84. The van der Waals surface area contributed by atoms with Crippen LogP contribution >= 0.6 is 11.6 Å². The predicted octanol–water partition coefficient (Wildman–Crippen LogP) is 4.04. The van der Waals surface area contributed by atoms with Crippen molar-refractivity contribution in [2.24, 2.45) is 5.92 Å². The minimum Gasteiger partial charge on any atom is -0.0843 e. The average Bonchev–Trinajstić information content (AvgIpc) is 2.01. The molecule has 1 unspecified atom stereocenters. The summed E-state index contributed by atoms with van der Waals surface area (Å²) in [5.41, 5.74) is 1.39. The van der Waals surface area contributed by atoms with Gasteiger partial charge in [-0.15, -0.1) is 0 Å². The van der Waals surface area contributed by atoms with E-state index in [0.29, 0.717) is 5.92 Å². The van der Waals surface area contributed by atoms with E-state index >= 15 is 0 Å². The molecule has 0 aromatic heterocycles. The molecule has 0 saturated heterocycles. The van der Waals surface area contributed by atoms with E-state index in [4.69, 9.17) is 11.6 Å². The number of rotatable bonds is 1. The highest BCUT2D eigenvalue weighted by Crippen LogP contribution is 2.23. The minimum atomic E-state index is 0.670. The summed E-state index contributed by atoms with van der Waals surface area (Å²) in [6, 6.07) is 0. The first kappa shape index (κ1) is 9.60. The van der Waals surface area contributed by atoms with Gasteiger partial charge in [-0.2, -0.15) is 0 Å². The van der Waals surface area contributed by atoms with Crippen molar-refractivity contribution in [1.82, 2.24) is 0 Å². The van der Waals surface area contributed by atoms with Crippen LogP contribution in [-0.2, 0) is 0 Å². The van der Waals surface area contributed by atoms with Crippen LogP contribution in [0.4, 0.5) is 0 Å². The van der Waals surface area contributed by atoms with E-state index in [2.05, 4.69) is 26.0 Å². The van der Waals surface area contributed by atoms with Gasteiger partial charge >= 0.3 is 0 Å². The first-order valence-electron chi connectivity index (χ1n) is 4.44. The van der Waals surface area contributed by atoms with E-state index in [0.717, 1.165) is 11.5 Å². The van der Waals surface area contributed by atoms with E-state index < -0.39 is 0 Å². The van der Waals surface area contributed by atoms with Crippen LogP contribution in [0.25, 0.3) is 0 Å². The summed E-state index contributed by atoms with van der Waals surface area (Å²) in [4.78, 5) is 0. The summed E-state index contributed by atoms with van der Waals surface area (Å²) < 4.78 is 0. The molecule has 1 aliphatic carbocycles. The van der Waals surface area contributed by atoms with E-state index in [-0.39, 0.29) is 0 Å². The van der Waals surface area contributed by atoms with Crippen molar-refractivity contribution in [3.05, 3.63) is 34.9 Å². The van der Waals surface area contributed by atoms with Crippen molar-refractivity contribution in [1.29, 1.82) is 0 Å². The van der Waals surface area contributed by atoms with E-state index in [9.17, 15) is 0 Å². The van der Waals surface area contributed by atoms with Gasteiger partial charge in [0.2, 0.25) is 0 Å². The largest absolute Gasteiger partial charge is 0.0843 e. The van der Waals surface area contributed by atoms with Crippen molar-refractivity contribution in [3.8, 4) is 0 Å². The quantitative estimate of drug-likeness (QED) is 0.574. The molecule has 1 aliphatic rings. The normalized spacial score (nSPS) is 28.4. The highest BCUT2D eigenvalue weighted by Gasteiger charge is 2.07. The second-order valence-corrected chi connectivity index (χ2v) is 3.65. The third-order valence-electron chi connectivity index (χ3n) is 2.31. The number of hydrogen-bond donors (Lipinski definition) is 0. The first-order valence-corrected chi connectivity index (χ1v) is 4.82. The zero-order chi connectivity index (χ0) is 8.97. The van der Waals surface area contributed by atoms with Crippen molar-refractivity contribution in [3.63, 3.8) is 0 Å². The molecule has 12 heavy (non-hydrogen) atoms. The van der Waals surface area contributed by atoms with E-state index in [1.165, 1.54) is 12.0 Å². The molecule has 1 heteroatoms. The molecular weight excluding hydrogens is 168 g/mol. The molecule has 0 bridgehead atoms. The number of halogens is 1. The van der Waals surface area contributed by atoms with Crippen LogP contribution < -0.4 is 0 Å². The topological polar surface area (TPSA) is 0 Å². The van der Waals surface area contributed by atoms with Gasteiger partial charge in [0.1, 0.15) is 0 Å². The lowest BCUT2D eigenvalue weighted by atomic mass is 9.92. The van der Waals surface area contributed by atoms with Gasteiger partial charge in [0.25, 0.3) is 0 Å². The molecule has 0 aliphatic heterocycles. The van der Waals surface area contributed by atoms with Gasteiger partial charge in [-0.3, -0.25) is 0 Å². The van der Waals surface area contributed by atoms with Gasteiger partial charge < -0.3 is 0 Å². The van der Waals surface area contributed by atoms with Crippen LogP contribution in [-0.4, -0.2) is 0 Å². The monoisotopic (exact) mass is 182 g/mol. The summed E-state index contributed by atoms with van der Waals surface area (Å²) in [6.07, 6.45) is 10.6. The van der Waals surface area contributed by atoms with Crippen LogP contribution in [0.3, 0.4) is 0 Å². The lowest BCUT2D eigenvalue weighted by Gasteiger charge is -2.14. The Labute approximate surface area is 79.6 Å².